The number of ether oxygens (including phenoxy) is 1. The Bertz CT molecular complexity index is 358. The van der Waals surface area contributed by atoms with Gasteiger partial charge in [-0.05, 0) is 39.8 Å². The smallest absolute Gasteiger partial charge is 0.232 e. The summed E-state index contributed by atoms with van der Waals surface area (Å²) in [5.41, 5.74) is 0. The molecular formula is C10H14BrN3OS. The molecule has 1 fully saturated rings. The zero-order valence-electron chi connectivity index (χ0n) is 9.07. The van der Waals surface area contributed by atoms with E-state index in [0.717, 1.165) is 16.9 Å². The van der Waals surface area contributed by atoms with E-state index in [1.54, 1.807) is 13.3 Å². The van der Waals surface area contributed by atoms with Crippen LogP contribution in [0.5, 0.6) is 5.88 Å². The molecule has 6 heteroatoms. The van der Waals surface area contributed by atoms with Gasteiger partial charge in [-0.3, -0.25) is 0 Å². The molecule has 4 nitrogen and oxygen atoms in total. The lowest BCUT2D eigenvalue weighted by atomic mass is 10.1. The SMILES string of the molecule is COc1nc(NCC2CCSC2)ncc1Br. The van der Waals surface area contributed by atoms with Crippen LogP contribution in [0.25, 0.3) is 0 Å². The Morgan fingerprint density at radius 2 is 2.56 bits per heavy atom. The van der Waals surface area contributed by atoms with Crippen molar-refractivity contribution in [2.24, 2.45) is 5.92 Å². The van der Waals surface area contributed by atoms with E-state index in [-0.39, 0.29) is 0 Å². The van der Waals surface area contributed by atoms with Crippen molar-refractivity contribution in [1.29, 1.82) is 0 Å². The van der Waals surface area contributed by atoms with Gasteiger partial charge in [0.1, 0.15) is 0 Å². The molecule has 1 aromatic rings. The zero-order valence-corrected chi connectivity index (χ0v) is 11.5. The summed E-state index contributed by atoms with van der Waals surface area (Å²) in [6.07, 6.45) is 2.99. The molecule has 1 aliphatic rings. The molecule has 0 aromatic carbocycles. The molecule has 0 saturated carbocycles. The molecule has 16 heavy (non-hydrogen) atoms. The molecule has 1 saturated heterocycles. The number of aromatic nitrogens is 2. The van der Waals surface area contributed by atoms with Gasteiger partial charge in [0.05, 0.1) is 17.8 Å². The van der Waals surface area contributed by atoms with Crippen LogP contribution in [0.1, 0.15) is 6.42 Å². The second kappa shape index (κ2) is 5.72. The van der Waals surface area contributed by atoms with Crippen LogP contribution in [0.3, 0.4) is 0 Å². The second-order valence-electron chi connectivity index (χ2n) is 3.66. The van der Waals surface area contributed by atoms with Gasteiger partial charge in [-0.1, -0.05) is 0 Å². The van der Waals surface area contributed by atoms with E-state index >= 15 is 0 Å². The molecule has 1 aliphatic heterocycles. The largest absolute Gasteiger partial charge is 0.480 e. The van der Waals surface area contributed by atoms with E-state index in [4.69, 9.17) is 4.74 Å². The van der Waals surface area contributed by atoms with E-state index in [1.165, 1.54) is 17.9 Å². The van der Waals surface area contributed by atoms with Crippen LogP contribution in [-0.2, 0) is 0 Å². The van der Waals surface area contributed by atoms with Crippen molar-refractivity contribution in [1.82, 2.24) is 9.97 Å². The minimum absolute atomic E-state index is 0.568. The third-order valence-electron chi connectivity index (χ3n) is 2.48. The van der Waals surface area contributed by atoms with Crippen LogP contribution < -0.4 is 10.1 Å². The van der Waals surface area contributed by atoms with Crippen LogP contribution in [0, 0.1) is 5.92 Å². The first kappa shape index (κ1) is 12.0. The van der Waals surface area contributed by atoms with Gasteiger partial charge in [-0.2, -0.15) is 16.7 Å². The van der Waals surface area contributed by atoms with Gasteiger partial charge < -0.3 is 10.1 Å². The van der Waals surface area contributed by atoms with Gasteiger partial charge in [-0.15, -0.1) is 0 Å². The van der Waals surface area contributed by atoms with Crippen molar-refractivity contribution in [3.05, 3.63) is 10.7 Å². The first-order valence-electron chi connectivity index (χ1n) is 5.17. The summed E-state index contributed by atoms with van der Waals surface area (Å²) in [6, 6.07) is 0. The Morgan fingerprint density at radius 3 is 3.25 bits per heavy atom. The average Bonchev–Trinajstić information content (AvgIpc) is 2.81. The number of nitrogens with zero attached hydrogens (tertiary/aromatic N) is 2. The molecule has 2 heterocycles. The Balaban J connectivity index is 1.93. The fourth-order valence-electron chi connectivity index (χ4n) is 1.56. The molecule has 0 radical (unpaired) electrons. The lowest BCUT2D eigenvalue weighted by Crippen LogP contribution is -2.15. The highest BCUT2D eigenvalue weighted by atomic mass is 79.9. The monoisotopic (exact) mass is 303 g/mol. The summed E-state index contributed by atoms with van der Waals surface area (Å²) < 4.78 is 5.89. The number of hydrogen-bond donors (Lipinski definition) is 1. The molecular weight excluding hydrogens is 290 g/mol. The van der Waals surface area contributed by atoms with E-state index in [9.17, 15) is 0 Å². The maximum absolute atomic E-state index is 5.12. The highest BCUT2D eigenvalue weighted by Crippen LogP contribution is 2.24. The third kappa shape index (κ3) is 3.01. The van der Waals surface area contributed by atoms with Crippen molar-refractivity contribution >= 4 is 33.6 Å². The van der Waals surface area contributed by atoms with Crippen molar-refractivity contribution < 1.29 is 4.74 Å². The van der Waals surface area contributed by atoms with E-state index < -0.39 is 0 Å². The van der Waals surface area contributed by atoms with Crippen molar-refractivity contribution in [2.75, 3.05) is 30.5 Å². The summed E-state index contributed by atoms with van der Waals surface area (Å²) in [4.78, 5) is 8.45. The van der Waals surface area contributed by atoms with E-state index in [0.29, 0.717) is 11.8 Å². The average molecular weight is 304 g/mol. The molecule has 1 unspecified atom stereocenters. The number of hydrogen-bond acceptors (Lipinski definition) is 5. The van der Waals surface area contributed by atoms with Crippen LogP contribution in [0.4, 0.5) is 5.95 Å². The quantitative estimate of drug-likeness (QED) is 0.925. The van der Waals surface area contributed by atoms with Gasteiger partial charge in [-0.25, -0.2) is 4.98 Å². The summed E-state index contributed by atoms with van der Waals surface area (Å²) in [7, 11) is 1.60. The molecule has 0 bridgehead atoms. The van der Waals surface area contributed by atoms with Crippen molar-refractivity contribution in [3.63, 3.8) is 0 Å². The predicted molar refractivity (Wildman–Crippen MR) is 70.2 cm³/mol. The lowest BCUT2D eigenvalue weighted by molar-refractivity contribution is 0.394. The minimum atomic E-state index is 0.568. The minimum Gasteiger partial charge on any atom is -0.480 e. The molecule has 1 aromatic heterocycles. The van der Waals surface area contributed by atoms with Gasteiger partial charge in [0.25, 0.3) is 0 Å². The van der Waals surface area contributed by atoms with Gasteiger partial charge in [0, 0.05) is 6.54 Å². The maximum atomic E-state index is 5.12. The number of rotatable bonds is 4. The Kier molecular flexibility index (Phi) is 4.29. The van der Waals surface area contributed by atoms with Crippen LogP contribution >= 0.6 is 27.7 Å². The fourth-order valence-corrected chi connectivity index (χ4v) is 3.20. The van der Waals surface area contributed by atoms with Crippen LogP contribution in [0.15, 0.2) is 10.7 Å². The Labute approximate surface area is 108 Å². The van der Waals surface area contributed by atoms with Gasteiger partial charge >= 0.3 is 0 Å². The number of nitrogens with one attached hydrogen (secondary N) is 1. The molecule has 0 aliphatic carbocycles. The summed E-state index contributed by atoms with van der Waals surface area (Å²) in [6.45, 7) is 0.942. The molecule has 1 atom stereocenters. The molecule has 2 rings (SSSR count). The molecule has 0 amide bonds. The topological polar surface area (TPSA) is 47.0 Å². The van der Waals surface area contributed by atoms with Crippen molar-refractivity contribution in [3.8, 4) is 5.88 Å². The standard InChI is InChI=1S/C10H14BrN3OS/c1-15-9-8(11)5-13-10(14-9)12-4-7-2-3-16-6-7/h5,7H,2-4,6H2,1H3,(H,12,13,14). The van der Waals surface area contributed by atoms with Crippen LogP contribution in [0.2, 0.25) is 0 Å². The summed E-state index contributed by atoms with van der Waals surface area (Å²) in [5, 5.41) is 3.25. The third-order valence-corrected chi connectivity index (χ3v) is 4.25. The van der Waals surface area contributed by atoms with Crippen molar-refractivity contribution in [2.45, 2.75) is 6.42 Å². The summed E-state index contributed by atoms with van der Waals surface area (Å²) >= 11 is 5.34. The second-order valence-corrected chi connectivity index (χ2v) is 5.67. The zero-order chi connectivity index (χ0) is 11.4. The van der Waals surface area contributed by atoms with Gasteiger partial charge in [0.15, 0.2) is 0 Å². The Hall–Kier alpha value is -0.490. The van der Waals surface area contributed by atoms with Crippen LogP contribution in [-0.4, -0.2) is 35.1 Å². The highest BCUT2D eigenvalue weighted by molar-refractivity contribution is 9.10. The fraction of sp³-hybridized carbons (Fsp3) is 0.600. The molecule has 1 N–H and O–H groups in total. The molecule has 0 spiro atoms. The Morgan fingerprint density at radius 1 is 1.69 bits per heavy atom. The van der Waals surface area contributed by atoms with E-state index in [2.05, 4.69) is 31.2 Å². The number of thioether (sulfide) groups is 1. The normalized spacial score (nSPS) is 19.8. The summed E-state index contributed by atoms with van der Waals surface area (Å²) in [5.74, 6) is 4.45. The number of methoxy groups -OCH3 is 1. The van der Waals surface area contributed by atoms with E-state index in [1.807, 2.05) is 11.8 Å². The lowest BCUT2D eigenvalue weighted by Gasteiger charge is -2.10. The maximum Gasteiger partial charge on any atom is 0.232 e. The molecule has 88 valence electrons. The first-order valence-corrected chi connectivity index (χ1v) is 7.12. The highest BCUT2D eigenvalue weighted by Gasteiger charge is 2.15. The van der Waals surface area contributed by atoms with Gasteiger partial charge in [0.2, 0.25) is 11.8 Å². The first-order chi connectivity index (χ1) is 7.79. The predicted octanol–water partition coefficient (Wildman–Crippen LogP) is 2.41. The number of anilines is 1. The number of halogens is 1.